The highest BCUT2D eigenvalue weighted by molar-refractivity contribution is 6.02. The number of nitrogens with one attached hydrogen (secondary N) is 2. The molecule has 11 nitrogen and oxygen atoms in total. The van der Waals surface area contributed by atoms with Crippen LogP contribution in [0.25, 0.3) is 22.2 Å². The van der Waals surface area contributed by atoms with Crippen molar-refractivity contribution in [3.8, 4) is 17.0 Å². The largest absolute Gasteiger partial charge is 0.494 e. The Balaban J connectivity index is 1.23. The molecule has 0 unspecified atom stereocenters. The van der Waals surface area contributed by atoms with Crippen molar-refractivity contribution in [2.45, 2.75) is 37.8 Å². The molecule has 1 aliphatic carbocycles. The van der Waals surface area contributed by atoms with Crippen molar-refractivity contribution in [1.29, 1.82) is 0 Å². The number of fused-ring (bicyclic) bond motifs is 1. The van der Waals surface area contributed by atoms with E-state index in [4.69, 9.17) is 4.74 Å². The molecule has 2 fully saturated rings. The number of amides is 1. The van der Waals surface area contributed by atoms with Crippen LogP contribution in [0.15, 0.2) is 61.6 Å². The first-order valence-corrected chi connectivity index (χ1v) is 15.6. The highest BCUT2D eigenvalue weighted by Crippen LogP contribution is 2.40. The van der Waals surface area contributed by atoms with Crippen LogP contribution >= 0.6 is 0 Å². The van der Waals surface area contributed by atoms with Gasteiger partial charge < -0.3 is 25.2 Å². The van der Waals surface area contributed by atoms with E-state index in [0.717, 1.165) is 66.9 Å². The number of aryl methyl sites for hydroxylation is 1. The van der Waals surface area contributed by atoms with Crippen LogP contribution in [-0.4, -0.2) is 94.9 Å². The third-order valence-corrected chi connectivity index (χ3v) is 9.38. The number of carbonyl (C=O) groups is 1. The van der Waals surface area contributed by atoms with Crippen LogP contribution in [-0.2, 0) is 11.8 Å². The summed E-state index contributed by atoms with van der Waals surface area (Å²) in [4.78, 5) is 28.9. The molecular formula is C34H43N9O2. The number of piperazine rings is 1. The summed E-state index contributed by atoms with van der Waals surface area (Å²) >= 11 is 0. The molecule has 45 heavy (non-hydrogen) atoms. The monoisotopic (exact) mass is 609 g/mol. The van der Waals surface area contributed by atoms with E-state index < -0.39 is 0 Å². The van der Waals surface area contributed by atoms with Crippen molar-refractivity contribution in [3.63, 3.8) is 0 Å². The normalized spacial score (nSPS) is 19.3. The smallest absolute Gasteiger partial charge is 0.247 e. The minimum atomic E-state index is -0.269. The topological polar surface area (TPSA) is 104 Å². The van der Waals surface area contributed by atoms with Gasteiger partial charge in [0, 0.05) is 75.4 Å². The Morgan fingerprint density at radius 3 is 2.53 bits per heavy atom. The second-order valence-corrected chi connectivity index (χ2v) is 12.1. The summed E-state index contributed by atoms with van der Waals surface area (Å²) in [5.41, 5.74) is 5.07. The number of ether oxygens (including phenoxy) is 1. The van der Waals surface area contributed by atoms with Crippen molar-refractivity contribution in [2.24, 2.45) is 7.05 Å². The number of hydrogen-bond donors (Lipinski definition) is 2. The zero-order valence-corrected chi connectivity index (χ0v) is 26.7. The Labute approximate surface area is 264 Å². The molecule has 1 aliphatic heterocycles. The molecular weight excluding hydrogens is 566 g/mol. The van der Waals surface area contributed by atoms with Crippen LogP contribution in [0.3, 0.4) is 0 Å². The molecule has 4 aromatic rings. The Morgan fingerprint density at radius 1 is 1.02 bits per heavy atom. The molecule has 0 atom stereocenters. The van der Waals surface area contributed by atoms with Gasteiger partial charge in [-0.3, -0.25) is 14.4 Å². The summed E-state index contributed by atoms with van der Waals surface area (Å²) in [5, 5.41) is 11.8. The number of aromatic nitrogens is 4. The van der Waals surface area contributed by atoms with Gasteiger partial charge in [0.2, 0.25) is 5.91 Å². The number of likely N-dealkylation sites (N-methyl/N-ethyl adjacent to an activating group) is 1. The van der Waals surface area contributed by atoms with Gasteiger partial charge in [0.15, 0.2) is 0 Å². The Morgan fingerprint density at radius 2 is 1.80 bits per heavy atom. The fraction of sp³-hybridized carbons (Fsp3) is 0.412. The molecule has 236 valence electrons. The van der Waals surface area contributed by atoms with Crippen LogP contribution in [0.5, 0.6) is 5.75 Å². The van der Waals surface area contributed by atoms with Crippen molar-refractivity contribution in [3.05, 3.63) is 61.6 Å². The first-order valence-electron chi connectivity index (χ1n) is 15.6. The standard InChI is InChI=1S/C34H43N9O2/c1-6-34(44)39-28-18-29(38-33-19-27(35-22-36-33)23-7-12-30-24(17-23)21-37-42(30)4)32(45-5)20-31(28)41(3)25-8-10-26(11-9-25)43-15-13-40(2)14-16-43/h6-7,12,17-22,25-26H,1,8-11,13-16H2,2-5H3,(H,39,44)(H,35,36,38). The maximum absolute atomic E-state index is 12.6. The van der Waals surface area contributed by atoms with Crippen LogP contribution < -0.4 is 20.3 Å². The third kappa shape index (κ3) is 6.64. The molecule has 2 aliphatic rings. The molecule has 6 rings (SSSR count). The summed E-state index contributed by atoms with van der Waals surface area (Å²) in [6, 6.07) is 12.9. The van der Waals surface area contributed by atoms with Crippen molar-refractivity contribution >= 4 is 39.7 Å². The van der Waals surface area contributed by atoms with E-state index in [1.807, 2.05) is 48.3 Å². The fourth-order valence-electron chi connectivity index (χ4n) is 6.65. The van der Waals surface area contributed by atoms with E-state index in [1.54, 1.807) is 13.4 Å². The summed E-state index contributed by atoms with van der Waals surface area (Å²) in [6.45, 7) is 8.25. The van der Waals surface area contributed by atoms with Gasteiger partial charge in [0.05, 0.1) is 41.6 Å². The SMILES string of the molecule is C=CC(=O)Nc1cc(Nc2cc(-c3ccc4c(cnn4C)c3)ncn2)c(OC)cc1N(C)C1CCC(N2CCN(C)CC2)CC1. The number of hydrogen-bond acceptors (Lipinski definition) is 9. The number of benzene rings is 2. The number of carbonyl (C=O) groups excluding carboxylic acids is 1. The molecule has 0 radical (unpaired) electrons. The minimum absolute atomic E-state index is 0.269. The summed E-state index contributed by atoms with van der Waals surface area (Å²) in [6.07, 6.45) is 9.22. The van der Waals surface area contributed by atoms with Gasteiger partial charge in [0.25, 0.3) is 0 Å². The lowest BCUT2D eigenvalue weighted by molar-refractivity contribution is -0.111. The van der Waals surface area contributed by atoms with E-state index >= 15 is 0 Å². The van der Waals surface area contributed by atoms with Gasteiger partial charge in [-0.2, -0.15) is 5.10 Å². The summed E-state index contributed by atoms with van der Waals surface area (Å²) in [7, 11) is 7.90. The fourth-order valence-corrected chi connectivity index (χ4v) is 6.65. The number of anilines is 4. The summed E-state index contributed by atoms with van der Waals surface area (Å²) in [5.74, 6) is 0.986. The zero-order valence-electron chi connectivity index (χ0n) is 26.7. The highest BCUT2D eigenvalue weighted by Gasteiger charge is 2.30. The predicted molar refractivity (Wildman–Crippen MR) is 180 cm³/mol. The van der Waals surface area contributed by atoms with Gasteiger partial charge in [0.1, 0.15) is 17.9 Å². The van der Waals surface area contributed by atoms with Crippen molar-refractivity contribution < 1.29 is 9.53 Å². The van der Waals surface area contributed by atoms with Gasteiger partial charge in [-0.25, -0.2) is 9.97 Å². The minimum Gasteiger partial charge on any atom is -0.494 e. The maximum atomic E-state index is 12.6. The molecule has 11 heteroatoms. The Hall–Kier alpha value is -4.48. The van der Waals surface area contributed by atoms with E-state index in [2.05, 4.69) is 67.1 Å². The molecule has 3 heterocycles. The van der Waals surface area contributed by atoms with Crippen molar-refractivity contribution in [2.75, 3.05) is 62.9 Å². The summed E-state index contributed by atoms with van der Waals surface area (Å²) < 4.78 is 7.72. The Kier molecular flexibility index (Phi) is 8.99. The molecule has 2 aromatic heterocycles. The first kappa shape index (κ1) is 30.5. The van der Waals surface area contributed by atoms with Gasteiger partial charge in [-0.15, -0.1) is 0 Å². The van der Waals surface area contributed by atoms with Crippen LogP contribution in [0, 0.1) is 0 Å². The van der Waals surface area contributed by atoms with Crippen LogP contribution in [0.1, 0.15) is 25.7 Å². The quantitative estimate of drug-likeness (QED) is 0.257. The molecule has 1 saturated heterocycles. The van der Waals surface area contributed by atoms with Crippen LogP contribution in [0.4, 0.5) is 22.9 Å². The average Bonchev–Trinajstić information content (AvgIpc) is 3.44. The molecule has 1 amide bonds. The first-order chi connectivity index (χ1) is 21.8. The molecule has 0 spiro atoms. The Bertz CT molecular complexity index is 1670. The number of nitrogens with zero attached hydrogens (tertiary/aromatic N) is 7. The zero-order chi connectivity index (χ0) is 31.5. The maximum Gasteiger partial charge on any atom is 0.247 e. The second kappa shape index (κ2) is 13.3. The van der Waals surface area contributed by atoms with E-state index in [1.165, 1.54) is 18.9 Å². The van der Waals surface area contributed by atoms with Crippen LogP contribution in [0.2, 0.25) is 0 Å². The lowest BCUT2D eigenvalue weighted by Crippen LogP contribution is -2.51. The van der Waals surface area contributed by atoms with Gasteiger partial charge in [-0.05, 0) is 57.0 Å². The number of rotatable bonds is 9. The molecule has 1 saturated carbocycles. The van der Waals surface area contributed by atoms with Gasteiger partial charge in [-0.1, -0.05) is 12.6 Å². The molecule has 2 N–H and O–H groups in total. The predicted octanol–water partition coefficient (Wildman–Crippen LogP) is 4.90. The molecule has 0 bridgehead atoms. The number of methoxy groups -OCH3 is 1. The highest BCUT2D eigenvalue weighted by atomic mass is 16.5. The average molecular weight is 610 g/mol. The second-order valence-electron chi connectivity index (χ2n) is 12.1. The van der Waals surface area contributed by atoms with Crippen molar-refractivity contribution in [1.82, 2.24) is 29.5 Å². The lowest BCUT2D eigenvalue weighted by atomic mass is 9.88. The van der Waals surface area contributed by atoms with E-state index in [0.29, 0.717) is 35.0 Å². The molecule has 2 aromatic carbocycles. The third-order valence-electron chi connectivity index (χ3n) is 9.38. The van der Waals surface area contributed by atoms with Gasteiger partial charge >= 0.3 is 0 Å². The lowest BCUT2D eigenvalue weighted by Gasteiger charge is -2.43. The van der Waals surface area contributed by atoms with E-state index in [-0.39, 0.29) is 5.91 Å². The van der Waals surface area contributed by atoms with E-state index in [9.17, 15) is 4.79 Å².